The third-order valence-electron chi connectivity index (χ3n) is 5.91. The first kappa shape index (κ1) is 18.5. The van der Waals surface area contributed by atoms with E-state index in [1.165, 1.54) is 23.1 Å². The highest BCUT2D eigenvalue weighted by atomic mass is 16.5. The van der Waals surface area contributed by atoms with E-state index in [9.17, 15) is 4.79 Å². The predicted molar refractivity (Wildman–Crippen MR) is 108 cm³/mol. The average molecular weight is 370 g/mol. The second-order valence-electron chi connectivity index (χ2n) is 8.46. The van der Waals surface area contributed by atoms with E-state index in [0.717, 1.165) is 43.6 Å². The first-order chi connectivity index (χ1) is 13.0. The number of ether oxygens (including phenoxy) is 1. The molecule has 5 heteroatoms. The van der Waals surface area contributed by atoms with E-state index >= 15 is 0 Å². The van der Waals surface area contributed by atoms with Crippen LogP contribution in [0.2, 0.25) is 0 Å². The molecule has 2 aromatic rings. The number of hydrogen-bond acceptors (Lipinski definition) is 3. The number of amides is 1. The van der Waals surface area contributed by atoms with Gasteiger partial charge in [0.1, 0.15) is 0 Å². The maximum Gasteiger partial charge on any atom is 0.251 e. The van der Waals surface area contributed by atoms with E-state index in [4.69, 9.17) is 4.74 Å². The van der Waals surface area contributed by atoms with Crippen LogP contribution in [0.5, 0.6) is 0 Å². The van der Waals surface area contributed by atoms with Gasteiger partial charge in [0, 0.05) is 48.3 Å². The molecule has 1 aliphatic carbocycles. The van der Waals surface area contributed by atoms with Gasteiger partial charge in [0.05, 0.1) is 12.2 Å². The highest BCUT2D eigenvalue weighted by molar-refractivity contribution is 5.99. The smallest absolute Gasteiger partial charge is 0.251 e. The SMILES string of the molecule is CC1CCc2[nH]c3ccc(C(=O)NCCN4CC(C)OC(C)C4)cc3c2C1. The molecule has 1 amide bonds. The minimum atomic E-state index is 0.0186. The molecule has 0 saturated carbocycles. The molecule has 146 valence electrons. The van der Waals surface area contributed by atoms with Gasteiger partial charge in [-0.3, -0.25) is 9.69 Å². The molecule has 0 spiro atoms. The van der Waals surface area contributed by atoms with Gasteiger partial charge in [0.2, 0.25) is 0 Å². The number of hydrogen-bond donors (Lipinski definition) is 2. The van der Waals surface area contributed by atoms with Crippen LogP contribution < -0.4 is 5.32 Å². The maximum atomic E-state index is 12.6. The number of carbonyl (C=O) groups is 1. The highest BCUT2D eigenvalue weighted by Gasteiger charge is 2.22. The number of morpholine rings is 1. The number of benzene rings is 1. The Kier molecular flexibility index (Phi) is 5.24. The molecule has 5 nitrogen and oxygen atoms in total. The lowest BCUT2D eigenvalue weighted by Crippen LogP contribution is -2.47. The molecule has 1 fully saturated rings. The summed E-state index contributed by atoms with van der Waals surface area (Å²) in [5.41, 5.74) is 4.68. The summed E-state index contributed by atoms with van der Waals surface area (Å²) in [6.45, 7) is 9.91. The number of fused-ring (bicyclic) bond motifs is 3. The van der Waals surface area contributed by atoms with Crippen molar-refractivity contribution in [1.29, 1.82) is 0 Å². The van der Waals surface area contributed by atoms with Crippen molar-refractivity contribution in [3.05, 3.63) is 35.0 Å². The van der Waals surface area contributed by atoms with E-state index in [1.807, 2.05) is 6.07 Å². The number of rotatable bonds is 4. The maximum absolute atomic E-state index is 12.6. The summed E-state index contributed by atoms with van der Waals surface area (Å²) < 4.78 is 5.77. The quantitative estimate of drug-likeness (QED) is 0.871. The van der Waals surface area contributed by atoms with Crippen LogP contribution in [0.4, 0.5) is 0 Å². The van der Waals surface area contributed by atoms with Crippen LogP contribution in [0.3, 0.4) is 0 Å². The normalized spacial score (nSPS) is 26.1. The minimum Gasteiger partial charge on any atom is -0.373 e. The molecule has 1 aromatic heterocycles. The Balaban J connectivity index is 1.40. The first-order valence-electron chi connectivity index (χ1n) is 10.3. The summed E-state index contributed by atoms with van der Waals surface area (Å²) in [4.78, 5) is 18.6. The molecular weight excluding hydrogens is 338 g/mol. The number of carbonyl (C=O) groups excluding carboxylic acids is 1. The Hall–Kier alpha value is -1.85. The number of aryl methyl sites for hydroxylation is 1. The standard InChI is InChI=1S/C22H31N3O2/c1-14-4-6-20-18(10-14)19-11-17(5-7-21(19)24-20)22(26)23-8-9-25-12-15(2)27-16(3)13-25/h5,7,11,14-16,24H,4,6,8-10,12-13H2,1-3H3,(H,23,26). The molecule has 4 rings (SSSR count). The monoisotopic (exact) mass is 369 g/mol. The molecule has 0 bridgehead atoms. The predicted octanol–water partition coefficient (Wildman–Crippen LogP) is 3.13. The largest absolute Gasteiger partial charge is 0.373 e. The van der Waals surface area contributed by atoms with Crippen LogP contribution in [0.1, 0.15) is 48.8 Å². The number of H-pyrrole nitrogens is 1. The Labute approximate surface area is 161 Å². The van der Waals surface area contributed by atoms with Gasteiger partial charge in [0.15, 0.2) is 0 Å². The molecule has 27 heavy (non-hydrogen) atoms. The second-order valence-corrected chi connectivity index (χ2v) is 8.46. The van der Waals surface area contributed by atoms with Crippen molar-refractivity contribution in [2.75, 3.05) is 26.2 Å². The van der Waals surface area contributed by atoms with Crippen LogP contribution in [-0.2, 0) is 17.6 Å². The fourth-order valence-corrected chi connectivity index (χ4v) is 4.63. The van der Waals surface area contributed by atoms with Crippen LogP contribution in [-0.4, -0.2) is 54.2 Å². The van der Waals surface area contributed by atoms with Crippen LogP contribution in [0.25, 0.3) is 10.9 Å². The van der Waals surface area contributed by atoms with Gasteiger partial charge in [-0.1, -0.05) is 6.92 Å². The van der Waals surface area contributed by atoms with Gasteiger partial charge in [-0.15, -0.1) is 0 Å². The Morgan fingerprint density at radius 1 is 1.26 bits per heavy atom. The van der Waals surface area contributed by atoms with Gasteiger partial charge in [0.25, 0.3) is 5.91 Å². The summed E-state index contributed by atoms with van der Waals surface area (Å²) in [6.07, 6.45) is 3.98. The number of aromatic amines is 1. The molecule has 1 saturated heterocycles. The van der Waals surface area contributed by atoms with Crippen molar-refractivity contribution >= 4 is 16.8 Å². The van der Waals surface area contributed by atoms with Crippen molar-refractivity contribution in [2.45, 2.75) is 52.2 Å². The summed E-state index contributed by atoms with van der Waals surface area (Å²) in [7, 11) is 0. The van der Waals surface area contributed by atoms with Crippen molar-refractivity contribution in [2.24, 2.45) is 5.92 Å². The van der Waals surface area contributed by atoms with E-state index in [-0.39, 0.29) is 18.1 Å². The number of aromatic nitrogens is 1. The third-order valence-corrected chi connectivity index (χ3v) is 5.91. The summed E-state index contributed by atoms with van der Waals surface area (Å²) in [5.74, 6) is 0.734. The molecule has 1 aliphatic heterocycles. The van der Waals surface area contributed by atoms with E-state index in [1.54, 1.807) is 0 Å². The van der Waals surface area contributed by atoms with Gasteiger partial charge in [-0.25, -0.2) is 0 Å². The van der Waals surface area contributed by atoms with Crippen LogP contribution in [0, 0.1) is 5.92 Å². The van der Waals surface area contributed by atoms with Crippen LogP contribution in [0.15, 0.2) is 18.2 Å². The van der Waals surface area contributed by atoms with Crippen molar-refractivity contribution in [3.8, 4) is 0 Å². The summed E-state index contributed by atoms with van der Waals surface area (Å²) >= 11 is 0. The molecule has 0 radical (unpaired) electrons. The highest BCUT2D eigenvalue weighted by Crippen LogP contribution is 2.32. The topological polar surface area (TPSA) is 57.4 Å². The fourth-order valence-electron chi connectivity index (χ4n) is 4.63. The average Bonchev–Trinajstić information content (AvgIpc) is 2.98. The number of nitrogens with one attached hydrogen (secondary N) is 2. The summed E-state index contributed by atoms with van der Waals surface area (Å²) in [5, 5.41) is 4.31. The fraction of sp³-hybridized carbons (Fsp3) is 0.591. The molecule has 3 unspecified atom stereocenters. The van der Waals surface area contributed by atoms with Crippen molar-refractivity contribution in [3.63, 3.8) is 0 Å². The Bertz CT molecular complexity index is 818. The third kappa shape index (κ3) is 4.04. The molecule has 2 aliphatic rings. The second kappa shape index (κ2) is 7.64. The lowest BCUT2D eigenvalue weighted by atomic mass is 9.87. The minimum absolute atomic E-state index is 0.0186. The molecule has 3 atom stereocenters. The molecule has 1 aromatic carbocycles. The number of nitrogens with zero attached hydrogens (tertiary/aromatic N) is 1. The zero-order chi connectivity index (χ0) is 19.0. The molecule has 2 N–H and O–H groups in total. The lowest BCUT2D eigenvalue weighted by Gasteiger charge is -2.35. The van der Waals surface area contributed by atoms with E-state index in [0.29, 0.717) is 12.5 Å². The summed E-state index contributed by atoms with van der Waals surface area (Å²) in [6, 6.07) is 6.05. The zero-order valence-electron chi connectivity index (χ0n) is 16.7. The first-order valence-corrected chi connectivity index (χ1v) is 10.3. The molecular formula is C22H31N3O2. The lowest BCUT2D eigenvalue weighted by molar-refractivity contribution is -0.0672. The van der Waals surface area contributed by atoms with Crippen molar-refractivity contribution in [1.82, 2.24) is 15.2 Å². The van der Waals surface area contributed by atoms with Gasteiger partial charge in [-0.2, -0.15) is 0 Å². The van der Waals surface area contributed by atoms with Crippen LogP contribution >= 0.6 is 0 Å². The van der Waals surface area contributed by atoms with E-state index in [2.05, 4.69) is 48.1 Å². The Morgan fingerprint density at radius 2 is 2.04 bits per heavy atom. The molecule has 2 heterocycles. The Morgan fingerprint density at radius 3 is 2.81 bits per heavy atom. The van der Waals surface area contributed by atoms with Crippen molar-refractivity contribution < 1.29 is 9.53 Å². The van der Waals surface area contributed by atoms with E-state index < -0.39 is 0 Å². The zero-order valence-corrected chi connectivity index (χ0v) is 16.7. The van der Waals surface area contributed by atoms with Gasteiger partial charge >= 0.3 is 0 Å². The van der Waals surface area contributed by atoms with Gasteiger partial charge in [-0.05, 0) is 62.8 Å². The van der Waals surface area contributed by atoms with Gasteiger partial charge < -0.3 is 15.0 Å².